The molecule has 0 aromatic carbocycles. The Morgan fingerprint density at radius 2 is 2.60 bits per heavy atom. The van der Waals surface area contributed by atoms with Crippen LogP contribution in [0.5, 0.6) is 0 Å². The highest BCUT2D eigenvalue weighted by atomic mass is 14.9. The van der Waals surface area contributed by atoms with Crippen LogP contribution in [0.3, 0.4) is 0 Å². The molecule has 30 valence electrons. The molecule has 0 saturated carbocycles. The van der Waals surface area contributed by atoms with E-state index in [9.17, 15) is 0 Å². The fraction of sp³-hybridized carbons (Fsp3) is 0.750. The Balaban J connectivity index is 2.08. The van der Waals surface area contributed by atoms with Crippen molar-refractivity contribution in [1.29, 1.82) is 0 Å². The van der Waals surface area contributed by atoms with Gasteiger partial charge >= 0.3 is 0 Å². The summed E-state index contributed by atoms with van der Waals surface area (Å²) in [4.78, 5) is 0. The van der Waals surface area contributed by atoms with Gasteiger partial charge in [0.05, 0.1) is 0 Å². The van der Waals surface area contributed by atoms with Crippen molar-refractivity contribution >= 4 is 0 Å². The smallest absolute Gasteiger partial charge is 0.0350 e. The third kappa shape index (κ3) is 0.618. The standard InChI is InChI=1S/C4H8N/c1-2-4-5-3-1/h3,5H,1-2,4H2/q-1. The van der Waals surface area contributed by atoms with Gasteiger partial charge in [0.1, 0.15) is 0 Å². The minimum Gasteiger partial charge on any atom is -0.470 e. The number of nitrogens with one attached hydrogen (secondary N) is 1. The van der Waals surface area contributed by atoms with Crippen molar-refractivity contribution in [1.82, 2.24) is 5.32 Å². The topological polar surface area (TPSA) is 12.0 Å². The van der Waals surface area contributed by atoms with E-state index in [0.29, 0.717) is 0 Å². The minimum absolute atomic E-state index is 1.19. The number of rotatable bonds is 0. The van der Waals surface area contributed by atoms with Crippen LogP contribution in [0.4, 0.5) is 0 Å². The van der Waals surface area contributed by atoms with Gasteiger partial charge in [0.2, 0.25) is 0 Å². The van der Waals surface area contributed by atoms with Gasteiger partial charge in [0, 0.05) is 0 Å². The molecule has 0 atom stereocenters. The van der Waals surface area contributed by atoms with Crippen molar-refractivity contribution in [3.05, 3.63) is 6.54 Å². The highest BCUT2D eigenvalue weighted by Gasteiger charge is 1.81. The van der Waals surface area contributed by atoms with Gasteiger partial charge in [-0.3, -0.25) is 6.54 Å². The Kier molecular flexibility index (Phi) is 0.892. The molecule has 1 N–H and O–H groups in total. The molecular weight excluding hydrogens is 62.1 g/mol. The predicted octanol–water partition coefficient (Wildman–Crippen LogP) is 0.532. The lowest BCUT2D eigenvalue weighted by molar-refractivity contribution is 0.902. The zero-order valence-electron chi connectivity index (χ0n) is 3.20. The number of hydrogen-bond acceptors (Lipinski definition) is 1. The number of hydrogen-bond donors (Lipinski definition) is 1. The summed E-state index contributed by atoms with van der Waals surface area (Å²) < 4.78 is 0. The molecule has 5 heavy (non-hydrogen) atoms. The SMILES string of the molecule is [CH-]1CCCN1. The van der Waals surface area contributed by atoms with Gasteiger partial charge in [-0.25, -0.2) is 0 Å². The molecule has 1 rings (SSSR count). The Bertz CT molecular complexity index is 15.2. The monoisotopic (exact) mass is 70.1 g/mol. The molecule has 1 aliphatic heterocycles. The van der Waals surface area contributed by atoms with Crippen molar-refractivity contribution in [2.75, 3.05) is 6.54 Å². The quantitative estimate of drug-likeness (QED) is 0.410. The largest absolute Gasteiger partial charge is 0.470 e. The lowest BCUT2D eigenvalue weighted by Gasteiger charge is -1.92. The van der Waals surface area contributed by atoms with Crippen molar-refractivity contribution in [3.63, 3.8) is 0 Å². The summed E-state index contributed by atoms with van der Waals surface area (Å²) in [7, 11) is 0. The second-order valence-corrected chi connectivity index (χ2v) is 1.30. The van der Waals surface area contributed by atoms with Crippen molar-refractivity contribution < 1.29 is 0 Å². The summed E-state index contributed by atoms with van der Waals surface area (Å²) in [5.41, 5.74) is 0. The van der Waals surface area contributed by atoms with Gasteiger partial charge in [-0.05, 0) is 6.54 Å². The van der Waals surface area contributed by atoms with E-state index < -0.39 is 0 Å². The molecule has 0 unspecified atom stereocenters. The van der Waals surface area contributed by atoms with Crippen LogP contribution in [0.25, 0.3) is 0 Å². The van der Waals surface area contributed by atoms with Gasteiger partial charge in [0.15, 0.2) is 0 Å². The van der Waals surface area contributed by atoms with Gasteiger partial charge in [-0.2, -0.15) is 6.42 Å². The molecule has 0 aromatic rings. The van der Waals surface area contributed by atoms with Crippen LogP contribution >= 0.6 is 0 Å². The first-order chi connectivity index (χ1) is 2.50. The van der Waals surface area contributed by atoms with E-state index in [1.165, 1.54) is 19.4 Å². The zero-order valence-corrected chi connectivity index (χ0v) is 3.20. The van der Waals surface area contributed by atoms with E-state index in [2.05, 4.69) is 11.9 Å². The van der Waals surface area contributed by atoms with Crippen LogP contribution < -0.4 is 5.32 Å². The third-order valence-electron chi connectivity index (χ3n) is 0.814. The molecule has 1 heterocycles. The second kappa shape index (κ2) is 1.41. The second-order valence-electron chi connectivity index (χ2n) is 1.30. The molecule has 1 heteroatoms. The molecule has 1 aliphatic rings. The van der Waals surface area contributed by atoms with Gasteiger partial charge in [0.25, 0.3) is 0 Å². The summed E-state index contributed by atoms with van der Waals surface area (Å²) in [5, 5.41) is 3.10. The fourth-order valence-electron chi connectivity index (χ4n) is 0.510. The first-order valence-corrected chi connectivity index (χ1v) is 2.05. The molecule has 0 bridgehead atoms. The molecule has 0 aromatic heterocycles. The van der Waals surface area contributed by atoms with E-state index in [1.54, 1.807) is 0 Å². The van der Waals surface area contributed by atoms with Crippen LogP contribution in [-0.2, 0) is 0 Å². The average Bonchev–Trinajstić information content (AvgIpc) is 1.76. The Hall–Kier alpha value is -0.0400. The highest BCUT2D eigenvalue weighted by Crippen LogP contribution is 1.95. The molecule has 0 aliphatic carbocycles. The van der Waals surface area contributed by atoms with E-state index in [4.69, 9.17) is 0 Å². The summed E-state index contributed by atoms with van der Waals surface area (Å²) in [6.07, 6.45) is 2.60. The van der Waals surface area contributed by atoms with Crippen LogP contribution in [0, 0.1) is 6.54 Å². The maximum atomic E-state index is 3.10. The van der Waals surface area contributed by atoms with E-state index in [-0.39, 0.29) is 0 Å². The molecule has 0 amide bonds. The Labute approximate surface area is 32.4 Å². The average molecular weight is 70.1 g/mol. The lowest BCUT2D eigenvalue weighted by atomic mass is 10.4. The molecular formula is C4H8N-. The highest BCUT2D eigenvalue weighted by molar-refractivity contribution is 4.69. The Morgan fingerprint density at radius 3 is 2.80 bits per heavy atom. The van der Waals surface area contributed by atoms with E-state index >= 15 is 0 Å². The van der Waals surface area contributed by atoms with Crippen LogP contribution in [0.15, 0.2) is 0 Å². The van der Waals surface area contributed by atoms with E-state index in [0.717, 1.165) is 0 Å². The van der Waals surface area contributed by atoms with Crippen LogP contribution in [-0.4, -0.2) is 6.54 Å². The molecule has 0 radical (unpaired) electrons. The molecule has 1 saturated heterocycles. The summed E-state index contributed by atoms with van der Waals surface area (Å²) in [5.74, 6) is 0. The van der Waals surface area contributed by atoms with E-state index in [1.807, 2.05) is 0 Å². The van der Waals surface area contributed by atoms with Gasteiger partial charge < -0.3 is 5.32 Å². The fourth-order valence-corrected chi connectivity index (χ4v) is 0.510. The maximum absolute atomic E-state index is 3.10. The van der Waals surface area contributed by atoms with Gasteiger partial charge in [-0.15, -0.1) is 0 Å². The van der Waals surface area contributed by atoms with Crippen molar-refractivity contribution in [2.24, 2.45) is 0 Å². The molecule has 1 fully saturated rings. The summed E-state index contributed by atoms with van der Waals surface area (Å²) in [6, 6.07) is 0. The Morgan fingerprint density at radius 1 is 1.60 bits per heavy atom. The first-order valence-electron chi connectivity index (χ1n) is 2.05. The van der Waals surface area contributed by atoms with Crippen molar-refractivity contribution in [3.8, 4) is 0 Å². The first kappa shape index (κ1) is 3.16. The summed E-state index contributed by atoms with van der Waals surface area (Å²) in [6.45, 7) is 3.31. The van der Waals surface area contributed by atoms with Crippen molar-refractivity contribution in [2.45, 2.75) is 12.8 Å². The third-order valence-corrected chi connectivity index (χ3v) is 0.814. The minimum atomic E-state index is 1.19. The summed E-state index contributed by atoms with van der Waals surface area (Å²) >= 11 is 0. The van der Waals surface area contributed by atoms with Gasteiger partial charge in [-0.1, -0.05) is 6.42 Å². The maximum Gasteiger partial charge on any atom is -0.0350 e. The van der Waals surface area contributed by atoms with Crippen LogP contribution in [0.2, 0.25) is 0 Å². The normalized spacial score (nSPS) is 24.0. The lowest BCUT2D eigenvalue weighted by Crippen LogP contribution is -1.98. The molecule has 1 nitrogen and oxygen atoms in total. The zero-order chi connectivity index (χ0) is 3.54. The molecule has 0 spiro atoms. The van der Waals surface area contributed by atoms with Crippen LogP contribution in [0.1, 0.15) is 12.8 Å². The predicted molar refractivity (Wildman–Crippen MR) is 21.5 cm³/mol.